The van der Waals surface area contributed by atoms with Gasteiger partial charge in [-0.15, -0.1) is 12.4 Å². The van der Waals surface area contributed by atoms with E-state index in [0.717, 1.165) is 16.8 Å². The van der Waals surface area contributed by atoms with E-state index in [9.17, 15) is 9.59 Å². The van der Waals surface area contributed by atoms with Gasteiger partial charge >= 0.3 is 6.03 Å². The van der Waals surface area contributed by atoms with E-state index in [2.05, 4.69) is 16.0 Å². The summed E-state index contributed by atoms with van der Waals surface area (Å²) in [5.41, 5.74) is 8.78. The molecule has 5 N–H and O–H groups in total. The second-order valence-corrected chi connectivity index (χ2v) is 5.82. The van der Waals surface area contributed by atoms with Crippen LogP contribution in [-0.4, -0.2) is 18.5 Å². The van der Waals surface area contributed by atoms with E-state index in [1.54, 1.807) is 6.07 Å². The van der Waals surface area contributed by atoms with Crippen molar-refractivity contribution in [1.82, 2.24) is 5.32 Å². The first-order chi connectivity index (χ1) is 12.1. The summed E-state index contributed by atoms with van der Waals surface area (Å²) in [4.78, 5) is 23.7. The fourth-order valence-corrected chi connectivity index (χ4v) is 2.33. The number of carbonyl (C=O) groups excluding carboxylic acids is 2. The Balaban J connectivity index is 0.00000338. The molecule has 2 rings (SSSR count). The number of hydrogen-bond donors (Lipinski definition) is 4. The Hall–Kier alpha value is -2.57. The van der Waals surface area contributed by atoms with Crippen molar-refractivity contribution in [2.24, 2.45) is 5.73 Å². The lowest BCUT2D eigenvalue weighted by Crippen LogP contribution is -2.23. The predicted molar refractivity (Wildman–Crippen MR) is 108 cm³/mol. The molecule has 0 aliphatic heterocycles. The fraction of sp³-hybridized carbons (Fsp3) is 0.263. The van der Waals surface area contributed by atoms with E-state index in [1.807, 2.05) is 49.4 Å². The van der Waals surface area contributed by atoms with Gasteiger partial charge in [0.25, 0.3) is 0 Å². The second-order valence-electron chi connectivity index (χ2n) is 5.82. The van der Waals surface area contributed by atoms with Crippen LogP contribution in [0.2, 0.25) is 0 Å². The van der Waals surface area contributed by atoms with Gasteiger partial charge < -0.3 is 21.7 Å². The average molecular weight is 377 g/mol. The monoisotopic (exact) mass is 376 g/mol. The summed E-state index contributed by atoms with van der Waals surface area (Å²) in [7, 11) is 0. The maximum Gasteiger partial charge on any atom is 0.323 e. The molecular formula is C19H25ClN4O2. The number of anilines is 2. The number of aryl methyl sites for hydroxylation is 1. The van der Waals surface area contributed by atoms with Crippen LogP contribution in [-0.2, 0) is 11.3 Å². The fourth-order valence-electron chi connectivity index (χ4n) is 2.33. The van der Waals surface area contributed by atoms with Crippen molar-refractivity contribution in [2.75, 3.05) is 17.2 Å². The molecule has 6 nitrogen and oxygen atoms in total. The van der Waals surface area contributed by atoms with Crippen LogP contribution in [0.5, 0.6) is 0 Å². The molecule has 0 radical (unpaired) electrons. The Bertz CT molecular complexity index is 737. The molecule has 0 aromatic heterocycles. The van der Waals surface area contributed by atoms with Crippen LogP contribution in [0, 0.1) is 6.92 Å². The molecular weight excluding hydrogens is 352 g/mol. The molecule has 0 aliphatic rings. The lowest BCUT2D eigenvalue weighted by Gasteiger charge is -2.10. The third-order valence-electron chi connectivity index (χ3n) is 3.56. The number of benzene rings is 2. The Morgan fingerprint density at radius 3 is 2.31 bits per heavy atom. The molecule has 0 heterocycles. The lowest BCUT2D eigenvalue weighted by atomic mass is 10.2. The molecule has 0 unspecified atom stereocenters. The molecule has 0 spiro atoms. The highest BCUT2D eigenvalue weighted by Crippen LogP contribution is 2.13. The van der Waals surface area contributed by atoms with Crippen LogP contribution in [0.3, 0.4) is 0 Å². The van der Waals surface area contributed by atoms with Crippen molar-refractivity contribution in [2.45, 2.75) is 26.3 Å². The van der Waals surface area contributed by atoms with Crippen molar-refractivity contribution in [3.8, 4) is 0 Å². The minimum absolute atomic E-state index is 0. The first-order valence-electron chi connectivity index (χ1n) is 8.27. The molecule has 7 heteroatoms. The lowest BCUT2D eigenvalue weighted by molar-refractivity contribution is -0.121. The van der Waals surface area contributed by atoms with E-state index in [0.29, 0.717) is 31.6 Å². The zero-order valence-electron chi connectivity index (χ0n) is 14.7. The average Bonchev–Trinajstić information content (AvgIpc) is 2.58. The van der Waals surface area contributed by atoms with Crippen LogP contribution >= 0.6 is 12.4 Å². The molecule has 0 aliphatic carbocycles. The third-order valence-corrected chi connectivity index (χ3v) is 3.56. The third kappa shape index (κ3) is 7.55. The summed E-state index contributed by atoms with van der Waals surface area (Å²) in [6, 6.07) is 14.6. The number of nitrogens with one attached hydrogen (secondary N) is 3. The van der Waals surface area contributed by atoms with Gasteiger partial charge in [0.05, 0.1) is 0 Å². The molecule has 140 valence electrons. The molecule has 0 bridgehead atoms. The topological polar surface area (TPSA) is 96.2 Å². The molecule has 2 aromatic carbocycles. The van der Waals surface area contributed by atoms with E-state index >= 15 is 0 Å². The molecule has 26 heavy (non-hydrogen) atoms. The Morgan fingerprint density at radius 2 is 1.65 bits per heavy atom. The second kappa shape index (κ2) is 11.1. The van der Waals surface area contributed by atoms with E-state index in [4.69, 9.17) is 5.73 Å². The molecule has 0 saturated heterocycles. The minimum Gasteiger partial charge on any atom is -0.352 e. The Morgan fingerprint density at radius 1 is 1.00 bits per heavy atom. The number of halogens is 1. The quantitative estimate of drug-likeness (QED) is 0.596. The van der Waals surface area contributed by atoms with Crippen LogP contribution in [0.4, 0.5) is 16.2 Å². The number of rotatable bonds is 7. The van der Waals surface area contributed by atoms with Crippen LogP contribution < -0.4 is 21.7 Å². The first-order valence-corrected chi connectivity index (χ1v) is 8.27. The van der Waals surface area contributed by atoms with Gasteiger partial charge in [0.15, 0.2) is 0 Å². The predicted octanol–water partition coefficient (Wildman–Crippen LogP) is 3.42. The van der Waals surface area contributed by atoms with Gasteiger partial charge in [-0.3, -0.25) is 4.79 Å². The normalized spacial score (nSPS) is 9.77. The minimum atomic E-state index is -0.310. The van der Waals surface area contributed by atoms with Gasteiger partial charge in [0, 0.05) is 24.3 Å². The van der Waals surface area contributed by atoms with Gasteiger partial charge in [-0.2, -0.15) is 0 Å². The van der Waals surface area contributed by atoms with Crippen LogP contribution in [0.1, 0.15) is 24.0 Å². The van der Waals surface area contributed by atoms with Crippen molar-refractivity contribution >= 4 is 35.7 Å². The maximum absolute atomic E-state index is 12.1. The summed E-state index contributed by atoms with van der Waals surface area (Å²) >= 11 is 0. The summed E-state index contributed by atoms with van der Waals surface area (Å²) in [5, 5.41) is 8.42. The summed E-state index contributed by atoms with van der Waals surface area (Å²) in [6.07, 6.45) is 1.10. The molecule has 2 aromatic rings. The number of hydrogen-bond acceptors (Lipinski definition) is 3. The van der Waals surface area contributed by atoms with E-state index in [-0.39, 0.29) is 24.3 Å². The Kier molecular flexibility index (Phi) is 9.19. The molecule has 0 saturated carbocycles. The highest BCUT2D eigenvalue weighted by atomic mass is 35.5. The SMILES string of the molecule is Cc1cccc(NC(=O)Nc2cccc(CNC(=O)CCCN)c2)c1.Cl. The van der Waals surface area contributed by atoms with Gasteiger partial charge in [0.1, 0.15) is 0 Å². The highest BCUT2D eigenvalue weighted by molar-refractivity contribution is 5.99. The number of urea groups is 1. The van der Waals surface area contributed by atoms with Crippen molar-refractivity contribution in [1.29, 1.82) is 0 Å². The highest BCUT2D eigenvalue weighted by Gasteiger charge is 2.05. The largest absolute Gasteiger partial charge is 0.352 e. The van der Waals surface area contributed by atoms with Crippen LogP contribution in [0.25, 0.3) is 0 Å². The van der Waals surface area contributed by atoms with Crippen molar-refractivity contribution in [3.63, 3.8) is 0 Å². The van der Waals surface area contributed by atoms with Crippen molar-refractivity contribution in [3.05, 3.63) is 59.7 Å². The van der Waals surface area contributed by atoms with Gasteiger partial charge in [-0.1, -0.05) is 24.3 Å². The van der Waals surface area contributed by atoms with Crippen LogP contribution in [0.15, 0.2) is 48.5 Å². The molecule has 0 fully saturated rings. The van der Waals surface area contributed by atoms with Gasteiger partial charge in [0.2, 0.25) is 5.91 Å². The number of carbonyl (C=O) groups is 2. The summed E-state index contributed by atoms with van der Waals surface area (Å²) in [5.74, 6) is -0.0268. The van der Waals surface area contributed by atoms with E-state index < -0.39 is 0 Å². The maximum atomic E-state index is 12.1. The first kappa shape index (κ1) is 21.5. The van der Waals surface area contributed by atoms with Gasteiger partial charge in [-0.05, 0) is 55.3 Å². The molecule has 0 atom stereocenters. The smallest absolute Gasteiger partial charge is 0.323 e. The zero-order chi connectivity index (χ0) is 18.1. The zero-order valence-corrected chi connectivity index (χ0v) is 15.6. The van der Waals surface area contributed by atoms with Gasteiger partial charge in [-0.25, -0.2) is 4.79 Å². The summed E-state index contributed by atoms with van der Waals surface area (Å²) in [6.45, 7) is 2.88. The standard InChI is InChI=1S/C19H24N4O2.ClH/c1-14-5-2-7-16(11-14)22-19(25)23-17-8-3-6-15(12-17)13-21-18(24)9-4-10-20;/h2-3,5-8,11-12H,4,9-10,13,20H2,1H3,(H,21,24)(H2,22,23,25);1H. The van der Waals surface area contributed by atoms with E-state index in [1.165, 1.54) is 0 Å². The molecule has 3 amide bonds. The summed E-state index contributed by atoms with van der Waals surface area (Å²) < 4.78 is 0. The number of nitrogens with two attached hydrogens (primary N) is 1. The Labute approximate surface area is 160 Å². The van der Waals surface area contributed by atoms with Crippen molar-refractivity contribution < 1.29 is 9.59 Å². The number of amides is 3.